The maximum Gasteiger partial charge on any atom is 0.239 e. The highest BCUT2D eigenvalue weighted by molar-refractivity contribution is 5.91. The molecule has 0 spiro atoms. The Morgan fingerprint density at radius 2 is 1.95 bits per heavy atom. The minimum atomic E-state index is -1.39. The van der Waals surface area contributed by atoms with Crippen LogP contribution in [0.1, 0.15) is 30.5 Å². The van der Waals surface area contributed by atoms with Gasteiger partial charge in [0.2, 0.25) is 11.9 Å². The van der Waals surface area contributed by atoms with E-state index < -0.39 is 11.4 Å². The topological polar surface area (TPSA) is 173 Å². The molecule has 41 heavy (non-hydrogen) atoms. The number of pyridine rings is 2. The molecule has 0 saturated carbocycles. The third kappa shape index (κ3) is 6.96. The summed E-state index contributed by atoms with van der Waals surface area (Å²) in [5, 5.41) is 37.7. The number of morpholine rings is 1. The lowest BCUT2D eigenvalue weighted by molar-refractivity contribution is -0.118. The number of nitrogens with zero attached hydrogens (tertiary/aromatic N) is 7. The van der Waals surface area contributed by atoms with Crippen molar-refractivity contribution in [3.63, 3.8) is 0 Å². The standard InChI is InChI=1S/C27H30FN9O4/c28-21-16-32-26(33-20-2-3-22(30-15-20)34-23(38)17-36-8-10-41-11-9-36)35-24(21)19-12-18(13-29)25(31-14-19)27(39)4-1-6-37(40)7-5-27/h2-3,12,14-16,39-40H,1,4-11,17H2,(H,30,34,38)(H,32,33,35). The highest BCUT2D eigenvalue weighted by Gasteiger charge is 2.35. The monoisotopic (exact) mass is 563 g/mol. The van der Waals surface area contributed by atoms with E-state index in [-0.39, 0.29) is 53.9 Å². The van der Waals surface area contributed by atoms with E-state index in [0.717, 1.165) is 11.3 Å². The molecule has 0 aliphatic carbocycles. The van der Waals surface area contributed by atoms with E-state index in [1.165, 1.54) is 18.5 Å². The molecule has 3 aromatic heterocycles. The van der Waals surface area contributed by atoms with E-state index in [2.05, 4.69) is 30.6 Å². The van der Waals surface area contributed by atoms with Crippen molar-refractivity contribution in [3.8, 4) is 17.3 Å². The molecule has 4 N–H and O–H groups in total. The van der Waals surface area contributed by atoms with Gasteiger partial charge in [-0.25, -0.2) is 19.3 Å². The molecule has 13 nitrogen and oxygen atoms in total. The van der Waals surface area contributed by atoms with Gasteiger partial charge in [-0.2, -0.15) is 10.3 Å². The average molecular weight is 564 g/mol. The number of halogens is 1. The maximum absolute atomic E-state index is 14.8. The molecule has 214 valence electrons. The van der Waals surface area contributed by atoms with Crippen LogP contribution < -0.4 is 10.6 Å². The molecule has 2 saturated heterocycles. The Morgan fingerprint density at radius 3 is 2.71 bits per heavy atom. The van der Waals surface area contributed by atoms with Crippen LogP contribution >= 0.6 is 0 Å². The Bertz CT molecular complexity index is 1430. The lowest BCUT2D eigenvalue weighted by atomic mass is 9.87. The molecule has 1 amide bonds. The van der Waals surface area contributed by atoms with Gasteiger partial charge in [-0.1, -0.05) is 0 Å². The van der Waals surface area contributed by atoms with E-state index in [0.29, 0.717) is 57.2 Å². The second-order valence-electron chi connectivity index (χ2n) is 9.95. The van der Waals surface area contributed by atoms with Crippen LogP contribution in [-0.2, 0) is 15.1 Å². The Hall–Kier alpha value is -4.13. The number of carbonyl (C=O) groups is 1. The van der Waals surface area contributed by atoms with Gasteiger partial charge in [0.1, 0.15) is 23.2 Å². The number of aromatic nitrogens is 4. The van der Waals surface area contributed by atoms with Gasteiger partial charge in [-0.3, -0.25) is 14.7 Å². The van der Waals surface area contributed by atoms with Crippen LogP contribution in [0.5, 0.6) is 0 Å². The first kappa shape index (κ1) is 28.4. The molecule has 5 heterocycles. The molecule has 5 rings (SSSR count). The van der Waals surface area contributed by atoms with Crippen molar-refractivity contribution in [2.75, 3.05) is 56.6 Å². The normalized spacial score (nSPS) is 20.1. The second-order valence-corrected chi connectivity index (χ2v) is 9.95. The SMILES string of the molecule is N#Cc1cc(-c2nc(Nc3ccc(NC(=O)CN4CCOCC4)nc3)ncc2F)cnc1C1(O)CCCN(O)CC1. The van der Waals surface area contributed by atoms with Crippen LogP contribution in [0.25, 0.3) is 11.3 Å². The fraction of sp³-hybridized carbons (Fsp3) is 0.407. The Balaban J connectivity index is 1.28. The largest absolute Gasteiger partial charge is 0.383 e. The summed E-state index contributed by atoms with van der Waals surface area (Å²) < 4.78 is 20.1. The Labute approximate surface area is 235 Å². The third-order valence-corrected chi connectivity index (χ3v) is 7.01. The number of nitrogens with one attached hydrogen (secondary N) is 2. The minimum Gasteiger partial charge on any atom is -0.383 e. The number of hydrogen-bond acceptors (Lipinski definition) is 12. The summed E-state index contributed by atoms with van der Waals surface area (Å²) in [5.41, 5.74) is -0.431. The number of anilines is 3. The Kier molecular flexibility index (Phi) is 8.72. The van der Waals surface area contributed by atoms with Crippen LogP contribution in [0, 0.1) is 17.1 Å². The van der Waals surface area contributed by atoms with Crippen LogP contribution in [0.3, 0.4) is 0 Å². The zero-order chi connectivity index (χ0) is 28.8. The number of carbonyl (C=O) groups excluding carboxylic acids is 1. The summed E-state index contributed by atoms with van der Waals surface area (Å²) in [5.74, 6) is -0.425. The fourth-order valence-corrected chi connectivity index (χ4v) is 4.84. The van der Waals surface area contributed by atoms with Crippen molar-refractivity contribution in [3.05, 3.63) is 53.9 Å². The summed E-state index contributed by atoms with van der Waals surface area (Å²) >= 11 is 0. The van der Waals surface area contributed by atoms with Crippen molar-refractivity contribution >= 4 is 23.4 Å². The highest BCUT2D eigenvalue weighted by atomic mass is 19.1. The van der Waals surface area contributed by atoms with Crippen molar-refractivity contribution in [1.82, 2.24) is 29.9 Å². The number of hydrogen-bond donors (Lipinski definition) is 4. The van der Waals surface area contributed by atoms with Crippen LogP contribution in [0.15, 0.2) is 36.8 Å². The predicted molar refractivity (Wildman–Crippen MR) is 144 cm³/mol. The summed E-state index contributed by atoms with van der Waals surface area (Å²) in [7, 11) is 0. The Morgan fingerprint density at radius 1 is 1.12 bits per heavy atom. The zero-order valence-electron chi connectivity index (χ0n) is 22.3. The van der Waals surface area contributed by atoms with Gasteiger partial charge in [0.05, 0.1) is 49.1 Å². The number of amides is 1. The van der Waals surface area contributed by atoms with Crippen molar-refractivity contribution in [2.24, 2.45) is 0 Å². The van der Waals surface area contributed by atoms with Gasteiger partial charge in [0, 0.05) is 37.9 Å². The molecular formula is C27H30FN9O4. The molecule has 1 atom stereocenters. The van der Waals surface area contributed by atoms with Gasteiger partial charge in [0.25, 0.3) is 0 Å². The number of nitriles is 1. The minimum absolute atomic E-state index is 0.0765. The summed E-state index contributed by atoms with van der Waals surface area (Å²) in [6.07, 6.45) is 4.90. The molecule has 0 bridgehead atoms. The average Bonchev–Trinajstić information content (AvgIpc) is 3.16. The molecule has 2 aliphatic heterocycles. The zero-order valence-corrected chi connectivity index (χ0v) is 22.3. The van der Waals surface area contributed by atoms with Gasteiger partial charge in [0.15, 0.2) is 5.82 Å². The van der Waals surface area contributed by atoms with Gasteiger partial charge in [-0.05, 0) is 37.5 Å². The second kappa shape index (κ2) is 12.6. The number of ether oxygens (including phenoxy) is 1. The molecular weight excluding hydrogens is 533 g/mol. The first-order chi connectivity index (χ1) is 19.8. The smallest absolute Gasteiger partial charge is 0.239 e. The van der Waals surface area contributed by atoms with E-state index in [9.17, 15) is 24.8 Å². The molecule has 0 aromatic carbocycles. The van der Waals surface area contributed by atoms with Crippen molar-refractivity contribution in [2.45, 2.75) is 24.9 Å². The number of aliphatic hydroxyl groups is 1. The molecule has 2 aliphatic rings. The van der Waals surface area contributed by atoms with Gasteiger partial charge >= 0.3 is 0 Å². The molecule has 1 unspecified atom stereocenters. The molecule has 0 radical (unpaired) electrons. The molecule has 14 heteroatoms. The van der Waals surface area contributed by atoms with Gasteiger partial charge < -0.3 is 25.7 Å². The molecule has 2 fully saturated rings. The lowest BCUT2D eigenvalue weighted by Crippen LogP contribution is -2.41. The third-order valence-electron chi connectivity index (χ3n) is 7.01. The summed E-state index contributed by atoms with van der Waals surface area (Å²) in [4.78, 5) is 31.2. The maximum atomic E-state index is 14.8. The first-order valence-corrected chi connectivity index (χ1v) is 13.3. The number of rotatable bonds is 7. The van der Waals surface area contributed by atoms with Crippen LogP contribution in [0.4, 0.5) is 21.8 Å². The predicted octanol–water partition coefficient (Wildman–Crippen LogP) is 2.02. The van der Waals surface area contributed by atoms with E-state index >= 15 is 0 Å². The van der Waals surface area contributed by atoms with Crippen LogP contribution in [0.2, 0.25) is 0 Å². The molecule has 3 aromatic rings. The van der Waals surface area contributed by atoms with Gasteiger partial charge in [-0.15, -0.1) is 0 Å². The van der Waals surface area contributed by atoms with Crippen molar-refractivity contribution in [1.29, 1.82) is 5.26 Å². The van der Waals surface area contributed by atoms with E-state index in [1.54, 1.807) is 12.1 Å². The summed E-state index contributed by atoms with van der Waals surface area (Å²) in [6.45, 7) is 3.51. The van der Waals surface area contributed by atoms with Crippen LogP contribution in [-0.4, -0.2) is 92.1 Å². The lowest BCUT2D eigenvalue weighted by Gasteiger charge is -2.26. The highest BCUT2D eigenvalue weighted by Crippen LogP contribution is 2.35. The van der Waals surface area contributed by atoms with Crippen molar-refractivity contribution < 1.29 is 24.2 Å². The van der Waals surface area contributed by atoms with E-state index in [1.807, 2.05) is 11.0 Å². The van der Waals surface area contributed by atoms with E-state index in [4.69, 9.17) is 4.74 Å². The quantitative estimate of drug-likeness (QED) is 0.330. The fourth-order valence-electron chi connectivity index (χ4n) is 4.84. The first-order valence-electron chi connectivity index (χ1n) is 13.3. The summed E-state index contributed by atoms with van der Waals surface area (Å²) in [6, 6.07) is 6.79. The number of hydroxylamine groups is 2.